The third-order valence-electron chi connectivity index (χ3n) is 1.64. The van der Waals surface area contributed by atoms with Crippen molar-refractivity contribution in [2.45, 2.75) is 0 Å². The van der Waals surface area contributed by atoms with E-state index in [1.807, 2.05) is 0 Å². The molecule has 4 heteroatoms. The van der Waals surface area contributed by atoms with E-state index in [4.69, 9.17) is 4.74 Å². The lowest BCUT2D eigenvalue weighted by atomic mass is 10.2. The van der Waals surface area contributed by atoms with Gasteiger partial charge in [0.25, 0.3) is 0 Å². The molecule has 14 heavy (non-hydrogen) atoms. The largest absolute Gasteiger partial charge is 0.504 e. The maximum Gasteiger partial charge on any atom is 0.165 e. The first-order valence-electron chi connectivity index (χ1n) is 3.87. The van der Waals surface area contributed by atoms with E-state index in [1.165, 1.54) is 19.3 Å². The highest BCUT2D eigenvalue weighted by atomic mass is 79.9. The number of hydrogen-bond donors (Lipinski definition) is 1. The van der Waals surface area contributed by atoms with Crippen molar-refractivity contribution in [3.8, 4) is 11.5 Å². The van der Waals surface area contributed by atoms with Gasteiger partial charge in [0.15, 0.2) is 11.5 Å². The molecule has 74 valence electrons. The van der Waals surface area contributed by atoms with Crippen molar-refractivity contribution in [1.29, 1.82) is 0 Å². The van der Waals surface area contributed by atoms with Crippen LogP contribution in [-0.2, 0) is 4.79 Å². The molecule has 0 spiro atoms. The van der Waals surface area contributed by atoms with Crippen LogP contribution in [0, 0.1) is 0 Å². The SMILES string of the molecule is COc1cc(Br)cc(/C=C/C=O)c1O. The molecule has 0 aliphatic heterocycles. The van der Waals surface area contributed by atoms with E-state index in [0.717, 1.165) is 4.47 Å². The Kier molecular flexibility index (Phi) is 3.71. The van der Waals surface area contributed by atoms with Crippen molar-refractivity contribution in [3.05, 3.63) is 28.2 Å². The average Bonchev–Trinajstić information content (AvgIpc) is 2.18. The number of hydrogen-bond acceptors (Lipinski definition) is 3. The van der Waals surface area contributed by atoms with Crippen molar-refractivity contribution in [3.63, 3.8) is 0 Å². The fraction of sp³-hybridized carbons (Fsp3) is 0.100. The number of allylic oxidation sites excluding steroid dienone is 1. The number of aromatic hydroxyl groups is 1. The summed E-state index contributed by atoms with van der Waals surface area (Å²) in [6.45, 7) is 0. The fourth-order valence-electron chi connectivity index (χ4n) is 1.02. The summed E-state index contributed by atoms with van der Waals surface area (Å²) in [5, 5.41) is 9.63. The second-order valence-electron chi connectivity index (χ2n) is 2.54. The van der Waals surface area contributed by atoms with Gasteiger partial charge in [-0.15, -0.1) is 0 Å². The Hall–Kier alpha value is -1.29. The molecule has 0 saturated carbocycles. The van der Waals surface area contributed by atoms with Gasteiger partial charge >= 0.3 is 0 Å². The zero-order valence-electron chi connectivity index (χ0n) is 7.53. The van der Waals surface area contributed by atoms with Crippen molar-refractivity contribution < 1.29 is 14.6 Å². The highest BCUT2D eigenvalue weighted by Gasteiger charge is 2.06. The molecule has 0 aromatic heterocycles. The normalized spacial score (nSPS) is 10.4. The molecule has 1 aromatic rings. The number of phenols is 1. The standard InChI is InChI=1S/C10H9BrO3/c1-14-9-6-8(11)5-7(10(9)13)3-2-4-12/h2-6,13H,1H3/b3-2+. The lowest BCUT2D eigenvalue weighted by Gasteiger charge is -2.06. The molecule has 0 heterocycles. The van der Waals surface area contributed by atoms with Gasteiger partial charge in [-0.25, -0.2) is 0 Å². The molecule has 1 N–H and O–H groups in total. The Morgan fingerprint density at radius 3 is 2.79 bits per heavy atom. The van der Waals surface area contributed by atoms with Crippen LogP contribution in [0.2, 0.25) is 0 Å². The molecule has 0 bridgehead atoms. The van der Waals surface area contributed by atoms with Gasteiger partial charge in [-0.1, -0.05) is 15.9 Å². The van der Waals surface area contributed by atoms with Crippen molar-refractivity contribution in [1.82, 2.24) is 0 Å². The third-order valence-corrected chi connectivity index (χ3v) is 2.10. The first-order chi connectivity index (χ1) is 6.69. The number of halogens is 1. The lowest BCUT2D eigenvalue weighted by molar-refractivity contribution is -0.104. The van der Waals surface area contributed by atoms with Gasteiger partial charge in [-0.2, -0.15) is 0 Å². The van der Waals surface area contributed by atoms with E-state index in [9.17, 15) is 9.90 Å². The smallest absolute Gasteiger partial charge is 0.165 e. The maximum atomic E-state index is 10.1. The molecule has 0 aliphatic carbocycles. The topological polar surface area (TPSA) is 46.5 Å². The monoisotopic (exact) mass is 256 g/mol. The van der Waals surface area contributed by atoms with Crippen LogP contribution in [0.5, 0.6) is 11.5 Å². The Labute approximate surface area is 90.1 Å². The molecule has 0 fully saturated rings. The second kappa shape index (κ2) is 4.81. The van der Waals surface area contributed by atoms with E-state index in [2.05, 4.69) is 15.9 Å². The zero-order chi connectivity index (χ0) is 10.6. The Balaban J connectivity index is 3.21. The average molecular weight is 257 g/mol. The summed E-state index contributed by atoms with van der Waals surface area (Å²) in [5.41, 5.74) is 0.531. The van der Waals surface area contributed by atoms with Crippen LogP contribution in [0.15, 0.2) is 22.7 Å². The zero-order valence-corrected chi connectivity index (χ0v) is 9.11. The van der Waals surface area contributed by atoms with Gasteiger partial charge in [0.1, 0.15) is 6.29 Å². The predicted molar refractivity (Wildman–Crippen MR) is 57.5 cm³/mol. The van der Waals surface area contributed by atoms with E-state index >= 15 is 0 Å². The summed E-state index contributed by atoms with van der Waals surface area (Å²) in [7, 11) is 1.47. The minimum Gasteiger partial charge on any atom is -0.504 e. The molecule has 0 saturated heterocycles. The van der Waals surface area contributed by atoms with Crippen LogP contribution in [0.3, 0.4) is 0 Å². The number of rotatable bonds is 3. The predicted octanol–water partition coefficient (Wildman–Crippen LogP) is 2.38. The number of carbonyl (C=O) groups is 1. The molecule has 0 radical (unpaired) electrons. The van der Waals surface area contributed by atoms with Gasteiger partial charge in [-0.05, 0) is 24.3 Å². The van der Waals surface area contributed by atoms with Crippen LogP contribution in [-0.4, -0.2) is 18.5 Å². The lowest BCUT2D eigenvalue weighted by Crippen LogP contribution is -1.86. The van der Waals surface area contributed by atoms with Crippen molar-refractivity contribution in [2.24, 2.45) is 0 Å². The molecular weight excluding hydrogens is 248 g/mol. The number of aldehydes is 1. The number of ether oxygens (including phenoxy) is 1. The number of methoxy groups -OCH3 is 1. The van der Waals surface area contributed by atoms with E-state index < -0.39 is 0 Å². The van der Waals surface area contributed by atoms with Crippen LogP contribution in [0.1, 0.15) is 5.56 Å². The molecule has 0 atom stereocenters. The van der Waals surface area contributed by atoms with Gasteiger partial charge < -0.3 is 9.84 Å². The summed E-state index contributed by atoms with van der Waals surface area (Å²) in [6.07, 6.45) is 3.46. The highest BCUT2D eigenvalue weighted by Crippen LogP contribution is 2.34. The summed E-state index contributed by atoms with van der Waals surface area (Å²) in [4.78, 5) is 10.1. The molecule has 3 nitrogen and oxygen atoms in total. The fourth-order valence-corrected chi connectivity index (χ4v) is 1.47. The van der Waals surface area contributed by atoms with E-state index in [1.54, 1.807) is 12.1 Å². The molecule has 0 aliphatic rings. The van der Waals surface area contributed by atoms with Crippen LogP contribution in [0.25, 0.3) is 6.08 Å². The summed E-state index contributed by atoms with van der Waals surface area (Å²) >= 11 is 3.27. The van der Waals surface area contributed by atoms with Gasteiger partial charge in [-0.3, -0.25) is 4.79 Å². The summed E-state index contributed by atoms with van der Waals surface area (Å²) < 4.78 is 5.72. The Morgan fingerprint density at radius 2 is 2.21 bits per heavy atom. The van der Waals surface area contributed by atoms with Crippen molar-refractivity contribution in [2.75, 3.05) is 7.11 Å². The third kappa shape index (κ3) is 2.35. The van der Waals surface area contributed by atoms with E-state index in [-0.39, 0.29) is 5.75 Å². The van der Waals surface area contributed by atoms with Gasteiger partial charge in [0.2, 0.25) is 0 Å². The van der Waals surface area contributed by atoms with Crippen LogP contribution < -0.4 is 4.74 Å². The number of benzene rings is 1. The second-order valence-corrected chi connectivity index (χ2v) is 3.46. The highest BCUT2D eigenvalue weighted by molar-refractivity contribution is 9.10. The first-order valence-corrected chi connectivity index (χ1v) is 4.66. The molecular formula is C10H9BrO3. The summed E-state index contributed by atoms with van der Waals surface area (Å²) in [5.74, 6) is 0.388. The van der Waals surface area contributed by atoms with Gasteiger partial charge in [0.05, 0.1) is 7.11 Å². The van der Waals surface area contributed by atoms with Crippen LogP contribution >= 0.6 is 15.9 Å². The molecule has 1 rings (SSSR count). The minimum atomic E-state index is 0.0220. The minimum absolute atomic E-state index is 0.0220. The van der Waals surface area contributed by atoms with Crippen molar-refractivity contribution >= 4 is 28.3 Å². The Bertz CT molecular complexity index is 372. The maximum absolute atomic E-state index is 10.1. The summed E-state index contributed by atoms with van der Waals surface area (Å²) in [6, 6.07) is 3.34. The van der Waals surface area contributed by atoms with Crippen LogP contribution in [0.4, 0.5) is 0 Å². The van der Waals surface area contributed by atoms with E-state index in [0.29, 0.717) is 17.6 Å². The van der Waals surface area contributed by atoms with Gasteiger partial charge in [0, 0.05) is 10.0 Å². The first kappa shape index (κ1) is 10.8. The molecule has 1 aromatic carbocycles. The number of phenolic OH excluding ortho intramolecular Hbond substituents is 1. The molecule has 0 unspecified atom stereocenters. The quantitative estimate of drug-likeness (QED) is 0.668. The molecule has 0 amide bonds. The number of carbonyl (C=O) groups excluding carboxylic acids is 1. The Morgan fingerprint density at radius 1 is 1.50 bits per heavy atom.